The van der Waals surface area contributed by atoms with Crippen molar-refractivity contribution in [2.45, 2.75) is 13.0 Å². The number of aromatic nitrogens is 1. The SMILES string of the molecule is C[C@@H](Nc1nc2ccccc2s1)C(=O)N/N=C\c1ccccc1F. The number of benzene rings is 2. The number of hydrogen-bond donors (Lipinski definition) is 2. The van der Waals surface area contributed by atoms with Crippen LogP contribution in [0, 0.1) is 5.82 Å². The van der Waals surface area contributed by atoms with Crippen LogP contribution in [0.2, 0.25) is 0 Å². The highest BCUT2D eigenvalue weighted by molar-refractivity contribution is 7.22. The van der Waals surface area contributed by atoms with Crippen LogP contribution in [0.5, 0.6) is 0 Å². The van der Waals surface area contributed by atoms with E-state index in [1.807, 2.05) is 24.3 Å². The predicted molar refractivity (Wildman–Crippen MR) is 94.8 cm³/mol. The van der Waals surface area contributed by atoms with E-state index in [0.717, 1.165) is 10.2 Å². The summed E-state index contributed by atoms with van der Waals surface area (Å²) in [6.45, 7) is 1.71. The van der Waals surface area contributed by atoms with Gasteiger partial charge in [0.2, 0.25) is 0 Å². The smallest absolute Gasteiger partial charge is 0.262 e. The standard InChI is InChI=1S/C17H15FN4OS/c1-11(20-17-21-14-8-4-5-9-15(14)24-17)16(23)22-19-10-12-6-2-3-7-13(12)18/h2-11H,1H3,(H,20,21)(H,22,23)/b19-10-/t11-/m1/s1. The van der Waals surface area contributed by atoms with Crippen molar-refractivity contribution >= 4 is 38.8 Å². The molecule has 0 saturated heterocycles. The molecule has 3 rings (SSSR count). The molecule has 0 aliphatic rings. The van der Waals surface area contributed by atoms with Crippen LogP contribution < -0.4 is 10.7 Å². The van der Waals surface area contributed by atoms with Gasteiger partial charge in [0.1, 0.15) is 11.9 Å². The molecule has 2 N–H and O–H groups in total. The molecule has 0 unspecified atom stereocenters. The molecular formula is C17H15FN4OS. The molecule has 1 aromatic heterocycles. The molecule has 0 aliphatic heterocycles. The van der Waals surface area contributed by atoms with E-state index in [1.165, 1.54) is 23.6 Å². The number of hydrogen-bond acceptors (Lipinski definition) is 5. The number of carbonyl (C=O) groups excluding carboxylic acids is 1. The Morgan fingerprint density at radius 3 is 2.79 bits per heavy atom. The van der Waals surface area contributed by atoms with Crippen molar-refractivity contribution in [3.05, 3.63) is 59.9 Å². The Kier molecular flexibility index (Phi) is 4.81. The Hall–Kier alpha value is -2.80. The Balaban J connectivity index is 1.59. The third-order valence-corrected chi connectivity index (χ3v) is 4.28. The lowest BCUT2D eigenvalue weighted by Crippen LogP contribution is -2.34. The van der Waals surface area contributed by atoms with Crippen molar-refractivity contribution in [3.8, 4) is 0 Å². The normalized spacial score (nSPS) is 12.4. The first-order valence-electron chi connectivity index (χ1n) is 7.33. The highest BCUT2D eigenvalue weighted by Gasteiger charge is 2.14. The van der Waals surface area contributed by atoms with Gasteiger partial charge in [0.05, 0.1) is 16.4 Å². The fourth-order valence-corrected chi connectivity index (χ4v) is 2.98. The molecule has 1 atom stereocenters. The lowest BCUT2D eigenvalue weighted by Gasteiger charge is -2.10. The molecule has 0 spiro atoms. The van der Waals surface area contributed by atoms with Crippen molar-refractivity contribution in [3.63, 3.8) is 0 Å². The van der Waals surface area contributed by atoms with Gasteiger partial charge in [-0.2, -0.15) is 5.10 Å². The molecular weight excluding hydrogens is 327 g/mol. The number of fused-ring (bicyclic) bond motifs is 1. The fraction of sp³-hybridized carbons (Fsp3) is 0.118. The van der Waals surface area contributed by atoms with E-state index in [0.29, 0.717) is 10.7 Å². The summed E-state index contributed by atoms with van der Waals surface area (Å²) in [5.74, 6) is -0.724. The van der Waals surface area contributed by atoms with E-state index in [-0.39, 0.29) is 5.91 Å². The number of rotatable bonds is 5. The van der Waals surface area contributed by atoms with E-state index in [4.69, 9.17) is 0 Å². The Labute approximate surface area is 142 Å². The van der Waals surface area contributed by atoms with Crippen LogP contribution in [-0.4, -0.2) is 23.1 Å². The number of carbonyl (C=O) groups is 1. The zero-order chi connectivity index (χ0) is 16.9. The van der Waals surface area contributed by atoms with E-state index in [9.17, 15) is 9.18 Å². The van der Waals surface area contributed by atoms with Crippen molar-refractivity contribution in [1.29, 1.82) is 0 Å². The summed E-state index contributed by atoms with van der Waals surface area (Å²) in [5.41, 5.74) is 3.58. The molecule has 0 radical (unpaired) electrons. The second kappa shape index (κ2) is 7.18. The monoisotopic (exact) mass is 342 g/mol. The number of anilines is 1. The molecule has 5 nitrogen and oxygen atoms in total. The summed E-state index contributed by atoms with van der Waals surface area (Å²) in [5, 5.41) is 7.49. The summed E-state index contributed by atoms with van der Waals surface area (Å²) in [6, 6.07) is 13.4. The van der Waals surface area contributed by atoms with Gasteiger partial charge in [-0.15, -0.1) is 0 Å². The van der Waals surface area contributed by atoms with Gasteiger partial charge in [-0.05, 0) is 25.1 Å². The van der Waals surface area contributed by atoms with Crippen LogP contribution in [0.25, 0.3) is 10.2 Å². The molecule has 1 amide bonds. The van der Waals surface area contributed by atoms with E-state index in [1.54, 1.807) is 25.1 Å². The van der Waals surface area contributed by atoms with E-state index < -0.39 is 11.9 Å². The minimum Gasteiger partial charge on any atom is -0.350 e. The molecule has 0 fully saturated rings. The van der Waals surface area contributed by atoms with E-state index in [2.05, 4.69) is 20.8 Å². The van der Waals surface area contributed by atoms with Gasteiger partial charge in [0, 0.05) is 5.56 Å². The summed E-state index contributed by atoms with van der Waals surface area (Å²) >= 11 is 1.48. The minimum absolute atomic E-state index is 0.310. The molecule has 0 bridgehead atoms. The molecule has 2 aromatic carbocycles. The number of para-hydroxylation sites is 1. The third-order valence-electron chi connectivity index (χ3n) is 3.31. The Bertz CT molecular complexity index is 860. The molecule has 24 heavy (non-hydrogen) atoms. The number of thiazole rings is 1. The topological polar surface area (TPSA) is 66.4 Å². The van der Waals surface area contributed by atoms with Gasteiger partial charge < -0.3 is 5.32 Å². The van der Waals surface area contributed by atoms with Gasteiger partial charge >= 0.3 is 0 Å². The average Bonchev–Trinajstić information content (AvgIpc) is 2.98. The lowest BCUT2D eigenvalue weighted by atomic mass is 10.2. The first kappa shape index (κ1) is 16.1. The third kappa shape index (κ3) is 3.75. The maximum Gasteiger partial charge on any atom is 0.262 e. The number of halogens is 1. The number of hydrazone groups is 1. The zero-order valence-electron chi connectivity index (χ0n) is 12.9. The van der Waals surface area contributed by atoms with Crippen LogP contribution in [0.15, 0.2) is 53.6 Å². The van der Waals surface area contributed by atoms with Gasteiger partial charge in [-0.1, -0.05) is 41.7 Å². The van der Waals surface area contributed by atoms with E-state index >= 15 is 0 Å². The first-order valence-corrected chi connectivity index (χ1v) is 8.14. The maximum absolute atomic E-state index is 13.4. The summed E-state index contributed by atoms with van der Waals surface area (Å²) in [7, 11) is 0. The average molecular weight is 342 g/mol. The second-order valence-electron chi connectivity index (χ2n) is 5.11. The Morgan fingerprint density at radius 1 is 1.25 bits per heavy atom. The van der Waals surface area contributed by atoms with Crippen molar-refractivity contribution in [1.82, 2.24) is 10.4 Å². The largest absolute Gasteiger partial charge is 0.350 e. The molecule has 0 saturated carbocycles. The highest BCUT2D eigenvalue weighted by Crippen LogP contribution is 2.25. The van der Waals surface area contributed by atoms with Crippen LogP contribution in [-0.2, 0) is 4.79 Å². The quantitative estimate of drug-likeness (QED) is 0.552. The van der Waals surface area contributed by atoms with Gasteiger partial charge in [0.25, 0.3) is 5.91 Å². The first-order chi connectivity index (χ1) is 11.6. The maximum atomic E-state index is 13.4. The van der Waals surface area contributed by atoms with Crippen LogP contribution in [0.1, 0.15) is 12.5 Å². The molecule has 3 aromatic rings. The highest BCUT2D eigenvalue weighted by atomic mass is 32.1. The minimum atomic E-state index is -0.525. The number of nitrogens with zero attached hydrogens (tertiary/aromatic N) is 2. The van der Waals surface area contributed by atoms with Crippen LogP contribution in [0.3, 0.4) is 0 Å². The van der Waals surface area contributed by atoms with Crippen molar-refractivity contribution in [2.24, 2.45) is 5.10 Å². The second-order valence-corrected chi connectivity index (χ2v) is 6.14. The van der Waals surface area contributed by atoms with Crippen LogP contribution >= 0.6 is 11.3 Å². The number of amides is 1. The molecule has 122 valence electrons. The van der Waals surface area contributed by atoms with Gasteiger partial charge in [-0.3, -0.25) is 4.79 Å². The van der Waals surface area contributed by atoms with Gasteiger partial charge in [0.15, 0.2) is 5.13 Å². The number of nitrogens with one attached hydrogen (secondary N) is 2. The Morgan fingerprint density at radius 2 is 2.00 bits per heavy atom. The molecule has 0 aliphatic carbocycles. The predicted octanol–water partition coefficient (Wildman–Crippen LogP) is 3.39. The lowest BCUT2D eigenvalue weighted by molar-refractivity contribution is -0.121. The summed E-state index contributed by atoms with van der Waals surface area (Å²) in [6.07, 6.45) is 1.28. The van der Waals surface area contributed by atoms with Crippen molar-refractivity contribution < 1.29 is 9.18 Å². The summed E-state index contributed by atoms with van der Waals surface area (Å²) < 4.78 is 14.5. The van der Waals surface area contributed by atoms with Crippen LogP contribution in [0.4, 0.5) is 9.52 Å². The fourth-order valence-electron chi connectivity index (χ4n) is 2.03. The van der Waals surface area contributed by atoms with Crippen molar-refractivity contribution in [2.75, 3.05) is 5.32 Å². The molecule has 7 heteroatoms. The molecule has 1 heterocycles. The van der Waals surface area contributed by atoms with Gasteiger partial charge in [-0.25, -0.2) is 14.8 Å². The summed E-state index contributed by atoms with van der Waals surface area (Å²) in [4.78, 5) is 16.4. The zero-order valence-corrected chi connectivity index (χ0v) is 13.7.